The molecule has 0 saturated heterocycles. The van der Waals surface area contributed by atoms with Crippen molar-refractivity contribution in [3.63, 3.8) is 0 Å². The quantitative estimate of drug-likeness (QED) is 0.138. The van der Waals surface area contributed by atoms with Crippen molar-refractivity contribution in [1.82, 2.24) is 0 Å². The van der Waals surface area contributed by atoms with Crippen molar-refractivity contribution in [1.29, 1.82) is 0 Å². The van der Waals surface area contributed by atoms with E-state index in [0.717, 1.165) is 24.7 Å². The van der Waals surface area contributed by atoms with Gasteiger partial charge in [-0.2, -0.15) is 0 Å². The maximum Gasteiger partial charge on any atom is -0.0351 e. The minimum atomic E-state index is 0.969. The SMILES string of the molecule is [CH2]CCCC=CCCCCC(CC)CCC(CC)CCCCCCCC[CH2]. The van der Waals surface area contributed by atoms with E-state index in [2.05, 4.69) is 39.8 Å². The summed E-state index contributed by atoms with van der Waals surface area (Å²) in [6.07, 6.45) is 30.6. The molecule has 0 fully saturated rings. The van der Waals surface area contributed by atoms with Crippen molar-refractivity contribution in [2.75, 3.05) is 0 Å². The molecule has 0 heterocycles. The lowest BCUT2D eigenvalue weighted by molar-refractivity contribution is 0.334. The normalized spacial score (nSPS) is 14.1. The van der Waals surface area contributed by atoms with E-state index < -0.39 is 0 Å². The second kappa shape index (κ2) is 22.0. The summed E-state index contributed by atoms with van der Waals surface area (Å²) in [5, 5.41) is 0. The lowest BCUT2D eigenvalue weighted by Crippen LogP contribution is -2.05. The van der Waals surface area contributed by atoms with Gasteiger partial charge in [-0.1, -0.05) is 136 Å². The minimum Gasteiger partial charge on any atom is -0.0885 e. The standard InChI is InChI=1S/C27H52/c1-5-9-11-13-15-17-19-21-23-27(8-4)25-24-26(7-3)22-20-18-16-14-12-10-6-2/h13,15,26-27H,1-2,5-12,14,16-25H2,3-4H3. The Morgan fingerprint density at radius 3 is 1.48 bits per heavy atom. The van der Waals surface area contributed by atoms with Gasteiger partial charge in [-0.3, -0.25) is 0 Å². The maximum atomic E-state index is 3.93. The lowest BCUT2D eigenvalue weighted by atomic mass is 9.87. The highest BCUT2D eigenvalue weighted by Crippen LogP contribution is 2.26. The van der Waals surface area contributed by atoms with E-state index in [4.69, 9.17) is 0 Å². The Bertz CT molecular complexity index is 290. The van der Waals surface area contributed by atoms with Crippen LogP contribution in [0.25, 0.3) is 0 Å². The molecule has 0 saturated carbocycles. The number of unbranched alkanes of at least 4 members (excludes halogenated alkanes) is 10. The summed E-state index contributed by atoms with van der Waals surface area (Å²) in [6.45, 7) is 12.6. The molecule has 0 aromatic heterocycles. The van der Waals surface area contributed by atoms with E-state index in [1.807, 2.05) is 0 Å². The Kier molecular flexibility index (Phi) is 21.8. The molecular formula is C27H52. The van der Waals surface area contributed by atoms with Gasteiger partial charge in [0.05, 0.1) is 0 Å². The fourth-order valence-corrected chi connectivity index (χ4v) is 4.09. The first kappa shape index (κ1) is 26.7. The molecule has 0 spiro atoms. The highest BCUT2D eigenvalue weighted by atomic mass is 14.2. The Morgan fingerprint density at radius 2 is 0.963 bits per heavy atom. The molecular weight excluding hydrogens is 324 g/mol. The Hall–Kier alpha value is -0.260. The van der Waals surface area contributed by atoms with Gasteiger partial charge in [-0.25, -0.2) is 0 Å². The lowest BCUT2D eigenvalue weighted by Gasteiger charge is -2.19. The molecule has 0 aliphatic carbocycles. The van der Waals surface area contributed by atoms with Crippen molar-refractivity contribution in [3.05, 3.63) is 26.0 Å². The minimum absolute atomic E-state index is 0.969. The van der Waals surface area contributed by atoms with Crippen molar-refractivity contribution < 1.29 is 0 Å². The fraction of sp³-hybridized carbons (Fsp3) is 0.852. The Balaban J connectivity index is 3.69. The highest BCUT2D eigenvalue weighted by Gasteiger charge is 2.11. The first-order valence-electron chi connectivity index (χ1n) is 12.5. The van der Waals surface area contributed by atoms with Gasteiger partial charge in [-0.05, 0) is 37.5 Å². The van der Waals surface area contributed by atoms with Crippen LogP contribution in [-0.4, -0.2) is 0 Å². The zero-order valence-electron chi connectivity index (χ0n) is 19.2. The molecule has 2 atom stereocenters. The van der Waals surface area contributed by atoms with Crippen molar-refractivity contribution >= 4 is 0 Å². The first-order chi connectivity index (χ1) is 13.3. The van der Waals surface area contributed by atoms with Gasteiger partial charge in [0.2, 0.25) is 0 Å². The second-order valence-corrected chi connectivity index (χ2v) is 8.64. The van der Waals surface area contributed by atoms with Crippen LogP contribution in [0.1, 0.15) is 136 Å². The van der Waals surface area contributed by atoms with Crippen molar-refractivity contribution in [2.45, 2.75) is 136 Å². The second-order valence-electron chi connectivity index (χ2n) is 8.64. The third-order valence-electron chi connectivity index (χ3n) is 6.27. The molecule has 27 heavy (non-hydrogen) atoms. The summed E-state index contributed by atoms with van der Waals surface area (Å²) in [7, 11) is 0. The predicted molar refractivity (Wildman–Crippen MR) is 126 cm³/mol. The van der Waals surface area contributed by atoms with Crippen LogP contribution in [0.15, 0.2) is 12.2 Å². The van der Waals surface area contributed by atoms with Gasteiger partial charge >= 0.3 is 0 Å². The Morgan fingerprint density at radius 1 is 0.519 bits per heavy atom. The summed E-state index contributed by atoms with van der Waals surface area (Å²) in [4.78, 5) is 0. The van der Waals surface area contributed by atoms with Gasteiger partial charge in [0.15, 0.2) is 0 Å². The van der Waals surface area contributed by atoms with E-state index in [0.29, 0.717) is 0 Å². The van der Waals surface area contributed by atoms with Gasteiger partial charge < -0.3 is 0 Å². The van der Waals surface area contributed by atoms with Crippen LogP contribution in [-0.2, 0) is 0 Å². The fourth-order valence-electron chi connectivity index (χ4n) is 4.09. The van der Waals surface area contributed by atoms with Crippen LogP contribution in [0.3, 0.4) is 0 Å². The van der Waals surface area contributed by atoms with E-state index in [1.165, 1.54) is 109 Å². The Labute approximate surface area is 174 Å². The molecule has 0 aromatic carbocycles. The van der Waals surface area contributed by atoms with Crippen LogP contribution >= 0.6 is 0 Å². The zero-order valence-corrected chi connectivity index (χ0v) is 19.2. The predicted octanol–water partition coefficient (Wildman–Crippen LogP) is 9.89. The molecule has 160 valence electrons. The monoisotopic (exact) mass is 376 g/mol. The van der Waals surface area contributed by atoms with Gasteiger partial charge in [-0.15, -0.1) is 0 Å². The smallest absolute Gasteiger partial charge is 0.0351 e. The van der Waals surface area contributed by atoms with E-state index in [9.17, 15) is 0 Å². The van der Waals surface area contributed by atoms with Gasteiger partial charge in [0.25, 0.3) is 0 Å². The third-order valence-corrected chi connectivity index (χ3v) is 6.27. The molecule has 0 aliphatic rings. The number of allylic oxidation sites excluding steroid dienone is 2. The largest absolute Gasteiger partial charge is 0.0885 e. The van der Waals surface area contributed by atoms with Crippen LogP contribution < -0.4 is 0 Å². The van der Waals surface area contributed by atoms with Crippen LogP contribution in [0.2, 0.25) is 0 Å². The average Bonchev–Trinajstić information content (AvgIpc) is 2.69. The summed E-state index contributed by atoms with van der Waals surface area (Å²) in [6, 6.07) is 0. The van der Waals surface area contributed by atoms with Gasteiger partial charge in [0, 0.05) is 0 Å². The van der Waals surface area contributed by atoms with E-state index >= 15 is 0 Å². The molecule has 0 bridgehead atoms. The third kappa shape index (κ3) is 18.9. The molecule has 2 radical (unpaired) electrons. The summed E-state index contributed by atoms with van der Waals surface area (Å²) < 4.78 is 0. The maximum absolute atomic E-state index is 3.93. The molecule has 0 N–H and O–H groups in total. The summed E-state index contributed by atoms with van der Waals surface area (Å²) in [5.41, 5.74) is 0. The average molecular weight is 377 g/mol. The van der Waals surface area contributed by atoms with Crippen molar-refractivity contribution in [3.8, 4) is 0 Å². The zero-order chi connectivity index (χ0) is 20.0. The highest BCUT2D eigenvalue weighted by molar-refractivity contribution is 4.81. The van der Waals surface area contributed by atoms with Crippen LogP contribution in [0.5, 0.6) is 0 Å². The number of rotatable bonds is 21. The molecule has 0 rings (SSSR count). The van der Waals surface area contributed by atoms with Crippen molar-refractivity contribution in [2.24, 2.45) is 11.8 Å². The molecule has 2 unspecified atom stereocenters. The topological polar surface area (TPSA) is 0 Å². The summed E-state index contributed by atoms with van der Waals surface area (Å²) in [5.74, 6) is 1.95. The van der Waals surface area contributed by atoms with Gasteiger partial charge in [0.1, 0.15) is 0 Å². The molecule has 0 amide bonds. The van der Waals surface area contributed by atoms with E-state index in [-0.39, 0.29) is 0 Å². The number of hydrogen-bond donors (Lipinski definition) is 0. The molecule has 0 aliphatic heterocycles. The summed E-state index contributed by atoms with van der Waals surface area (Å²) >= 11 is 0. The molecule has 0 heteroatoms. The van der Waals surface area contributed by atoms with Crippen LogP contribution in [0.4, 0.5) is 0 Å². The van der Waals surface area contributed by atoms with Crippen LogP contribution in [0, 0.1) is 25.7 Å². The molecule has 0 nitrogen and oxygen atoms in total. The van der Waals surface area contributed by atoms with E-state index in [1.54, 1.807) is 0 Å². The first-order valence-corrected chi connectivity index (χ1v) is 12.5. The molecule has 0 aromatic rings. The number of hydrogen-bond acceptors (Lipinski definition) is 0.